The van der Waals surface area contributed by atoms with E-state index in [9.17, 15) is 9.90 Å². The lowest BCUT2D eigenvalue weighted by Crippen LogP contribution is -2.51. The van der Waals surface area contributed by atoms with E-state index < -0.39 is 5.60 Å². The fraction of sp³-hybridized carbons (Fsp3) is 0.789. The van der Waals surface area contributed by atoms with Crippen molar-refractivity contribution in [3.8, 4) is 0 Å². The van der Waals surface area contributed by atoms with Crippen LogP contribution in [0, 0.1) is 29.6 Å². The molecule has 0 spiro atoms. The van der Waals surface area contributed by atoms with Crippen LogP contribution in [0.15, 0.2) is 12.4 Å². The third-order valence-corrected chi connectivity index (χ3v) is 6.84. The van der Waals surface area contributed by atoms with Gasteiger partial charge in [0.1, 0.15) is 5.60 Å². The molecule has 0 saturated heterocycles. The SMILES string of the molecule is Cn1cc(C(C)(O)CNC(=O)NCC2C3CC4CC(C3)CC2C4)cn1. The van der Waals surface area contributed by atoms with E-state index in [1.165, 1.54) is 32.1 Å². The lowest BCUT2D eigenvalue weighted by Gasteiger charge is -2.54. The summed E-state index contributed by atoms with van der Waals surface area (Å²) in [5.74, 6) is 4.20. The molecule has 4 fully saturated rings. The Bertz CT molecular complexity index is 611. The van der Waals surface area contributed by atoms with Crippen LogP contribution in [0.3, 0.4) is 0 Å². The van der Waals surface area contributed by atoms with Gasteiger partial charge < -0.3 is 15.7 Å². The molecule has 3 N–H and O–H groups in total. The van der Waals surface area contributed by atoms with Crippen LogP contribution in [0.5, 0.6) is 0 Å². The number of hydrogen-bond acceptors (Lipinski definition) is 3. The zero-order valence-electron chi connectivity index (χ0n) is 15.2. The third-order valence-electron chi connectivity index (χ3n) is 6.84. The molecular formula is C19H30N4O2. The number of aryl methyl sites for hydroxylation is 1. The first kappa shape index (κ1) is 16.9. The lowest BCUT2D eigenvalue weighted by molar-refractivity contribution is -0.0344. The molecule has 1 aromatic heterocycles. The van der Waals surface area contributed by atoms with Crippen LogP contribution >= 0.6 is 0 Å². The quantitative estimate of drug-likeness (QED) is 0.763. The Hall–Kier alpha value is -1.56. The maximum atomic E-state index is 12.2. The summed E-state index contributed by atoms with van der Waals surface area (Å²) >= 11 is 0. The summed E-state index contributed by atoms with van der Waals surface area (Å²) in [6.45, 7) is 2.64. The second kappa shape index (κ2) is 6.31. The highest BCUT2D eigenvalue weighted by molar-refractivity contribution is 5.73. The summed E-state index contributed by atoms with van der Waals surface area (Å²) in [4.78, 5) is 12.2. The standard InChI is InChI=1S/C19H30N4O2/c1-19(25,16-8-22-23(2)10-16)11-21-18(24)20-9-17-14-4-12-3-13(6-14)7-15(17)5-12/h8,10,12-15,17,25H,3-7,9,11H2,1-2H3,(H2,20,21,24). The first-order chi connectivity index (χ1) is 11.9. The minimum Gasteiger partial charge on any atom is -0.383 e. The van der Waals surface area contributed by atoms with Gasteiger partial charge in [-0.3, -0.25) is 4.68 Å². The van der Waals surface area contributed by atoms with Crippen LogP contribution in [0.4, 0.5) is 4.79 Å². The smallest absolute Gasteiger partial charge is 0.314 e. The van der Waals surface area contributed by atoms with Gasteiger partial charge in [0.2, 0.25) is 0 Å². The van der Waals surface area contributed by atoms with Crippen molar-refractivity contribution in [3.63, 3.8) is 0 Å². The fourth-order valence-electron chi connectivity index (χ4n) is 5.70. The van der Waals surface area contributed by atoms with Crippen LogP contribution in [0.25, 0.3) is 0 Å². The molecular weight excluding hydrogens is 316 g/mol. The van der Waals surface area contributed by atoms with E-state index in [1.807, 2.05) is 7.05 Å². The van der Waals surface area contributed by atoms with Crippen molar-refractivity contribution in [2.75, 3.05) is 13.1 Å². The molecule has 2 amide bonds. The van der Waals surface area contributed by atoms with Crippen molar-refractivity contribution >= 4 is 6.03 Å². The van der Waals surface area contributed by atoms with Crippen molar-refractivity contribution in [3.05, 3.63) is 18.0 Å². The van der Waals surface area contributed by atoms with Crippen LogP contribution in [-0.2, 0) is 12.6 Å². The Morgan fingerprint density at radius 2 is 1.88 bits per heavy atom. The topological polar surface area (TPSA) is 79.2 Å². The predicted octanol–water partition coefficient (Wildman–Crippen LogP) is 2.00. The Morgan fingerprint density at radius 3 is 2.44 bits per heavy atom. The highest BCUT2D eigenvalue weighted by atomic mass is 16.3. The maximum absolute atomic E-state index is 12.2. The molecule has 0 aromatic carbocycles. The maximum Gasteiger partial charge on any atom is 0.314 e. The molecule has 5 rings (SSSR count). The number of carbonyl (C=O) groups excluding carboxylic acids is 1. The van der Waals surface area contributed by atoms with Gasteiger partial charge in [0, 0.05) is 25.4 Å². The van der Waals surface area contributed by atoms with Gasteiger partial charge in [0.15, 0.2) is 0 Å². The summed E-state index contributed by atoms with van der Waals surface area (Å²) < 4.78 is 1.65. The van der Waals surface area contributed by atoms with Gasteiger partial charge in [0.05, 0.1) is 12.7 Å². The van der Waals surface area contributed by atoms with Crippen molar-refractivity contribution in [1.82, 2.24) is 20.4 Å². The molecule has 1 atom stereocenters. The number of nitrogens with zero attached hydrogens (tertiary/aromatic N) is 2. The van der Waals surface area contributed by atoms with E-state index >= 15 is 0 Å². The number of aromatic nitrogens is 2. The average molecular weight is 346 g/mol. The molecule has 6 nitrogen and oxygen atoms in total. The number of nitrogens with one attached hydrogen (secondary N) is 2. The van der Waals surface area contributed by atoms with Crippen LogP contribution in [-0.4, -0.2) is 34.0 Å². The lowest BCUT2D eigenvalue weighted by atomic mass is 9.52. The van der Waals surface area contributed by atoms with Crippen molar-refractivity contribution in [2.24, 2.45) is 36.6 Å². The molecule has 138 valence electrons. The molecule has 0 radical (unpaired) electrons. The number of aliphatic hydroxyl groups is 1. The molecule has 4 aliphatic rings. The van der Waals surface area contributed by atoms with E-state index in [-0.39, 0.29) is 12.6 Å². The van der Waals surface area contributed by atoms with Gasteiger partial charge in [0.25, 0.3) is 0 Å². The minimum atomic E-state index is -1.12. The zero-order valence-corrected chi connectivity index (χ0v) is 15.2. The first-order valence-corrected chi connectivity index (χ1v) is 9.64. The van der Waals surface area contributed by atoms with Crippen molar-refractivity contribution < 1.29 is 9.90 Å². The number of urea groups is 1. The van der Waals surface area contributed by atoms with Gasteiger partial charge in [-0.25, -0.2) is 4.79 Å². The first-order valence-electron chi connectivity index (χ1n) is 9.64. The van der Waals surface area contributed by atoms with Gasteiger partial charge in [-0.1, -0.05) is 0 Å². The van der Waals surface area contributed by atoms with Crippen LogP contribution in [0.2, 0.25) is 0 Å². The van der Waals surface area contributed by atoms with E-state index in [2.05, 4.69) is 15.7 Å². The average Bonchev–Trinajstić information content (AvgIpc) is 2.99. The molecule has 25 heavy (non-hydrogen) atoms. The summed E-state index contributed by atoms with van der Waals surface area (Å²) in [5.41, 5.74) is -0.412. The molecule has 1 heterocycles. The van der Waals surface area contributed by atoms with Gasteiger partial charge >= 0.3 is 6.03 Å². The predicted molar refractivity (Wildman–Crippen MR) is 94.7 cm³/mol. The Labute approximate surface area is 149 Å². The van der Waals surface area contributed by atoms with E-state index in [0.29, 0.717) is 11.5 Å². The summed E-state index contributed by atoms with van der Waals surface area (Å²) in [6.07, 6.45) is 10.3. The minimum absolute atomic E-state index is 0.173. The number of amides is 2. The van der Waals surface area contributed by atoms with Crippen molar-refractivity contribution in [2.45, 2.75) is 44.6 Å². The summed E-state index contributed by atoms with van der Waals surface area (Å²) in [5, 5.41) is 20.5. The normalized spacial score (nSPS) is 35.4. The molecule has 4 bridgehead atoms. The Morgan fingerprint density at radius 1 is 1.24 bits per heavy atom. The van der Waals surface area contributed by atoms with Gasteiger partial charge in [-0.2, -0.15) is 5.10 Å². The van der Waals surface area contributed by atoms with Gasteiger partial charge in [-0.15, -0.1) is 0 Å². The van der Waals surface area contributed by atoms with E-state index in [1.54, 1.807) is 24.0 Å². The largest absolute Gasteiger partial charge is 0.383 e. The second-order valence-electron chi connectivity index (χ2n) is 8.83. The highest BCUT2D eigenvalue weighted by Gasteiger charge is 2.47. The number of hydrogen-bond donors (Lipinski definition) is 3. The fourth-order valence-corrected chi connectivity index (χ4v) is 5.70. The van der Waals surface area contributed by atoms with E-state index in [0.717, 1.165) is 30.2 Å². The van der Waals surface area contributed by atoms with Crippen LogP contribution < -0.4 is 10.6 Å². The molecule has 4 aliphatic carbocycles. The molecule has 1 aromatic rings. The highest BCUT2D eigenvalue weighted by Crippen LogP contribution is 2.56. The molecule has 4 saturated carbocycles. The zero-order chi connectivity index (χ0) is 17.6. The van der Waals surface area contributed by atoms with Crippen molar-refractivity contribution in [1.29, 1.82) is 0 Å². The van der Waals surface area contributed by atoms with Crippen LogP contribution in [0.1, 0.15) is 44.6 Å². The third kappa shape index (κ3) is 3.41. The number of carbonyl (C=O) groups is 1. The summed E-state index contributed by atoms with van der Waals surface area (Å²) in [7, 11) is 1.81. The monoisotopic (exact) mass is 346 g/mol. The molecule has 1 unspecified atom stereocenters. The second-order valence-corrected chi connectivity index (χ2v) is 8.83. The summed E-state index contributed by atoms with van der Waals surface area (Å²) in [6, 6.07) is -0.182. The Kier molecular flexibility index (Phi) is 4.26. The molecule has 6 heteroatoms. The number of rotatable bonds is 5. The molecule has 0 aliphatic heterocycles. The Balaban J connectivity index is 1.26. The van der Waals surface area contributed by atoms with Gasteiger partial charge in [-0.05, 0) is 68.6 Å². The van der Waals surface area contributed by atoms with E-state index in [4.69, 9.17) is 0 Å².